The van der Waals surface area contributed by atoms with Gasteiger partial charge < -0.3 is 14.5 Å². The fourth-order valence-electron chi connectivity index (χ4n) is 2.84. The molecular formula is C17H21NO3. The van der Waals surface area contributed by atoms with Crippen molar-refractivity contribution in [2.45, 2.75) is 26.2 Å². The molecule has 0 radical (unpaired) electrons. The molecule has 2 heterocycles. The summed E-state index contributed by atoms with van der Waals surface area (Å²) in [5.74, 6) is 1.42. The lowest BCUT2D eigenvalue weighted by atomic mass is 9.99. The molecule has 112 valence electrons. The second kappa shape index (κ2) is 6.31. The van der Waals surface area contributed by atoms with Crippen LogP contribution in [-0.4, -0.2) is 25.7 Å². The third kappa shape index (κ3) is 3.45. The number of amides is 1. The summed E-state index contributed by atoms with van der Waals surface area (Å²) in [5.41, 5.74) is 1.51. The lowest BCUT2D eigenvalue weighted by molar-refractivity contribution is 0.0514. The van der Waals surface area contributed by atoms with Gasteiger partial charge >= 0.3 is 0 Å². The first-order valence-electron chi connectivity index (χ1n) is 7.58. The van der Waals surface area contributed by atoms with Crippen LogP contribution in [0.2, 0.25) is 0 Å². The molecule has 21 heavy (non-hydrogen) atoms. The molecule has 0 aliphatic carbocycles. The minimum Gasteiger partial charge on any atom is -0.461 e. The van der Waals surface area contributed by atoms with E-state index in [-0.39, 0.29) is 5.91 Å². The second-order valence-corrected chi connectivity index (χ2v) is 5.74. The lowest BCUT2D eigenvalue weighted by Crippen LogP contribution is -2.28. The third-order valence-electron chi connectivity index (χ3n) is 3.99. The Bertz CT molecular complexity index is 626. The maximum Gasteiger partial charge on any atom is 0.251 e. The van der Waals surface area contributed by atoms with Crippen LogP contribution in [-0.2, 0) is 4.74 Å². The van der Waals surface area contributed by atoms with Gasteiger partial charge in [-0.3, -0.25) is 4.79 Å². The Kier molecular flexibility index (Phi) is 4.25. The van der Waals surface area contributed by atoms with Crippen LogP contribution < -0.4 is 5.32 Å². The Labute approximate surface area is 124 Å². The summed E-state index contributed by atoms with van der Waals surface area (Å²) in [4.78, 5) is 12.2. The van der Waals surface area contributed by atoms with Gasteiger partial charge in [-0.2, -0.15) is 0 Å². The summed E-state index contributed by atoms with van der Waals surface area (Å²) in [6, 6.07) is 7.49. The van der Waals surface area contributed by atoms with E-state index in [4.69, 9.17) is 9.15 Å². The number of carbonyl (C=O) groups is 1. The standard InChI is InChI=1S/C17H21NO3/c1-12-9-15-10-14(4-5-16(15)21-12)17(19)18-7-6-13-3-2-8-20-11-13/h4-5,9-10,13H,2-3,6-8,11H2,1H3,(H,18,19)/t13-/m1/s1. The zero-order chi connectivity index (χ0) is 14.7. The van der Waals surface area contributed by atoms with Crippen molar-refractivity contribution in [3.63, 3.8) is 0 Å². The topological polar surface area (TPSA) is 51.5 Å². The van der Waals surface area contributed by atoms with Crippen molar-refractivity contribution in [2.75, 3.05) is 19.8 Å². The highest BCUT2D eigenvalue weighted by molar-refractivity contribution is 5.97. The van der Waals surface area contributed by atoms with Crippen LogP contribution in [0, 0.1) is 12.8 Å². The molecule has 1 amide bonds. The monoisotopic (exact) mass is 287 g/mol. The van der Waals surface area contributed by atoms with Gasteiger partial charge in [-0.05, 0) is 56.4 Å². The lowest BCUT2D eigenvalue weighted by Gasteiger charge is -2.21. The van der Waals surface area contributed by atoms with Gasteiger partial charge in [0.2, 0.25) is 0 Å². The normalized spacial score (nSPS) is 18.8. The molecule has 1 atom stereocenters. The van der Waals surface area contributed by atoms with E-state index in [0.717, 1.165) is 42.8 Å². The molecule has 0 spiro atoms. The molecular weight excluding hydrogens is 266 g/mol. The van der Waals surface area contributed by atoms with Gasteiger partial charge in [-0.15, -0.1) is 0 Å². The molecule has 1 aromatic carbocycles. The van der Waals surface area contributed by atoms with Crippen LogP contribution >= 0.6 is 0 Å². The molecule has 0 bridgehead atoms. The number of ether oxygens (including phenoxy) is 1. The fraction of sp³-hybridized carbons (Fsp3) is 0.471. The maximum absolute atomic E-state index is 12.2. The van der Waals surface area contributed by atoms with Gasteiger partial charge in [0, 0.05) is 30.7 Å². The summed E-state index contributed by atoms with van der Waals surface area (Å²) >= 11 is 0. The first kappa shape index (κ1) is 14.1. The van der Waals surface area contributed by atoms with E-state index in [1.54, 1.807) is 0 Å². The van der Waals surface area contributed by atoms with Crippen molar-refractivity contribution in [3.05, 3.63) is 35.6 Å². The predicted molar refractivity (Wildman–Crippen MR) is 81.4 cm³/mol. The maximum atomic E-state index is 12.2. The van der Waals surface area contributed by atoms with Crippen LogP contribution in [0.5, 0.6) is 0 Å². The molecule has 1 N–H and O–H groups in total. The van der Waals surface area contributed by atoms with E-state index < -0.39 is 0 Å². The first-order valence-corrected chi connectivity index (χ1v) is 7.58. The molecule has 1 saturated heterocycles. The SMILES string of the molecule is Cc1cc2cc(C(=O)NCC[C@H]3CCCOC3)ccc2o1. The largest absolute Gasteiger partial charge is 0.461 e. The van der Waals surface area contributed by atoms with Crippen molar-refractivity contribution in [3.8, 4) is 0 Å². The Hall–Kier alpha value is -1.81. The molecule has 2 aromatic rings. The Morgan fingerprint density at radius 2 is 2.29 bits per heavy atom. The van der Waals surface area contributed by atoms with E-state index in [2.05, 4.69) is 5.32 Å². The Morgan fingerprint density at radius 1 is 1.38 bits per heavy atom. The van der Waals surface area contributed by atoms with Gasteiger partial charge in [0.15, 0.2) is 0 Å². The highest BCUT2D eigenvalue weighted by Crippen LogP contribution is 2.20. The minimum absolute atomic E-state index is 0.0209. The highest BCUT2D eigenvalue weighted by Gasteiger charge is 2.14. The smallest absolute Gasteiger partial charge is 0.251 e. The molecule has 1 fully saturated rings. The number of nitrogens with one attached hydrogen (secondary N) is 1. The number of hydrogen-bond acceptors (Lipinski definition) is 3. The quantitative estimate of drug-likeness (QED) is 0.938. The van der Waals surface area contributed by atoms with Gasteiger partial charge in [-0.1, -0.05) is 0 Å². The van der Waals surface area contributed by atoms with E-state index in [1.165, 1.54) is 6.42 Å². The van der Waals surface area contributed by atoms with Crippen LogP contribution in [0.1, 0.15) is 35.4 Å². The molecule has 1 aliphatic heterocycles. The average molecular weight is 287 g/mol. The summed E-state index contributed by atoms with van der Waals surface area (Å²) in [7, 11) is 0. The number of aryl methyl sites for hydroxylation is 1. The molecule has 0 unspecified atom stereocenters. The van der Waals surface area contributed by atoms with E-state index in [0.29, 0.717) is 18.0 Å². The van der Waals surface area contributed by atoms with Crippen molar-refractivity contribution >= 4 is 16.9 Å². The fourth-order valence-corrected chi connectivity index (χ4v) is 2.84. The summed E-state index contributed by atoms with van der Waals surface area (Å²) < 4.78 is 11.0. The van der Waals surface area contributed by atoms with Crippen LogP contribution in [0.15, 0.2) is 28.7 Å². The van der Waals surface area contributed by atoms with Crippen LogP contribution in [0.4, 0.5) is 0 Å². The van der Waals surface area contributed by atoms with Gasteiger partial charge in [0.1, 0.15) is 11.3 Å². The zero-order valence-electron chi connectivity index (χ0n) is 12.4. The summed E-state index contributed by atoms with van der Waals surface area (Å²) in [5, 5.41) is 3.97. The van der Waals surface area contributed by atoms with Crippen LogP contribution in [0.3, 0.4) is 0 Å². The molecule has 0 saturated carbocycles. The van der Waals surface area contributed by atoms with Gasteiger partial charge in [0.25, 0.3) is 5.91 Å². The van der Waals surface area contributed by atoms with E-state index in [1.807, 2.05) is 31.2 Å². The van der Waals surface area contributed by atoms with Gasteiger partial charge in [-0.25, -0.2) is 0 Å². The summed E-state index contributed by atoms with van der Waals surface area (Å²) in [6.07, 6.45) is 3.32. The zero-order valence-corrected chi connectivity index (χ0v) is 12.4. The van der Waals surface area contributed by atoms with Crippen molar-refractivity contribution in [2.24, 2.45) is 5.92 Å². The average Bonchev–Trinajstić information content (AvgIpc) is 2.87. The minimum atomic E-state index is -0.0209. The molecule has 4 heteroatoms. The first-order chi connectivity index (χ1) is 10.2. The molecule has 3 rings (SSSR count). The van der Waals surface area contributed by atoms with Crippen molar-refractivity contribution in [1.82, 2.24) is 5.32 Å². The number of hydrogen-bond donors (Lipinski definition) is 1. The van der Waals surface area contributed by atoms with E-state index in [9.17, 15) is 4.79 Å². The number of rotatable bonds is 4. The van der Waals surface area contributed by atoms with Crippen molar-refractivity contribution in [1.29, 1.82) is 0 Å². The molecule has 1 aliphatic rings. The van der Waals surface area contributed by atoms with Gasteiger partial charge in [0.05, 0.1) is 0 Å². The number of benzene rings is 1. The third-order valence-corrected chi connectivity index (χ3v) is 3.99. The number of fused-ring (bicyclic) bond motifs is 1. The molecule has 4 nitrogen and oxygen atoms in total. The van der Waals surface area contributed by atoms with Crippen molar-refractivity contribution < 1.29 is 13.9 Å². The molecule has 1 aromatic heterocycles. The Morgan fingerprint density at radius 3 is 3.10 bits per heavy atom. The van der Waals surface area contributed by atoms with E-state index >= 15 is 0 Å². The highest BCUT2D eigenvalue weighted by atomic mass is 16.5. The number of furan rings is 1. The second-order valence-electron chi connectivity index (χ2n) is 5.74. The number of carbonyl (C=O) groups excluding carboxylic acids is 1. The van der Waals surface area contributed by atoms with Crippen LogP contribution in [0.25, 0.3) is 11.0 Å². The Balaban J connectivity index is 1.55. The predicted octanol–water partition coefficient (Wildman–Crippen LogP) is 3.29. The summed E-state index contributed by atoms with van der Waals surface area (Å²) in [6.45, 7) is 4.32.